The van der Waals surface area contributed by atoms with Crippen molar-refractivity contribution < 1.29 is 14.3 Å². The number of carbonyl (C=O) groups is 1. The molecule has 0 saturated heterocycles. The van der Waals surface area contributed by atoms with Crippen LogP contribution in [0.25, 0.3) is 21.7 Å². The van der Waals surface area contributed by atoms with Crippen LogP contribution in [0.2, 0.25) is 0 Å². The van der Waals surface area contributed by atoms with Gasteiger partial charge in [-0.05, 0) is 57.0 Å². The molecule has 1 aromatic heterocycles. The number of halogens is 3. The summed E-state index contributed by atoms with van der Waals surface area (Å²) in [5.41, 5.74) is 1.39. The van der Waals surface area contributed by atoms with Gasteiger partial charge in [0.1, 0.15) is 11.3 Å². The third-order valence-corrected chi connectivity index (χ3v) is 6.30. The van der Waals surface area contributed by atoms with Crippen LogP contribution >= 0.6 is 47.8 Å². The van der Waals surface area contributed by atoms with Gasteiger partial charge in [0, 0.05) is 26.1 Å². The lowest BCUT2D eigenvalue weighted by atomic mass is 10.0. The van der Waals surface area contributed by atoms with Crippen molar-refractivity contribution in [1.29, 1.82) is 0 Å². The zero-order valence-electron chi connectivity index (χ0n) is 15.2. The maximum Gasteiger partial charge on any atom is 0.315 e. The van der Waals surface area contributed by atoms with Crippen molar-refractivity contribution in [3.63, 3.8) is 0 Å². The Bertz CT molecular complexity index is 1260. The maximum atomic E-state index is 12.9. The Morgan fingerprint density at radius 1 is 1.00 bits per heavy atom. The molecular weight excluding hydrogens is 566 g/mol. The summed E-state index contributed by atoms with van der Waals surface area (Å²) in [6.07, 6.45) is 1.74. The Balaban J connectivity index is 1.72. The number of rotatable bonds is 4. The van der Waals surface area contributed by atoms with Crippen LogP contribution in [0.15, 0.2) is 68.1 Å². The molecule has 3 aromatic carbocycles. The number of carbonyl (C=O) groups excluding carboxylic acids is 1. The summed E-state index contributed by atoms with van der Waals surface area (Å²) < 4.78 is 13.7. The molecule has 0 fully saturated rings. The van der Waals surface area contributed by atoms with Crippen molar-refractivity contribution in [3.05, 3.63) is 73.7 Å². The largest absolute Gasteiger partial charge is 0.496 e. The number of pyridine rings is 1. The number of nitrogens with zero attached hydrogens (tertiary/aromatic N) is 1. The van der Waals surface area contributed by atoms with Gasteiger partial charge < -0.3 is 9.47 Å². The molecule has 0 amide bonds. The van der Waals surface area contributed by atoms with Gasteiger partial charge in [0.05, 0.1) is 18.0 Å². The first-order valence-electron chi connectivity index (χ1n) is 8.66. The van der Waals surface area contributed by atoms with E-state index in [4.69, 9.17) is 9.47 Å². The summed E-state index contributed by atoms with van der Waals surface area (Å²) in [5.74, 6) is 0.652. The highest BCUT2D eigenvalue weighted by Gasteiger charge is 2.19. The topological polar surface area (TPSA) is 48.4 Å². The predicted octanol–water partition coefficient (Wildman–Crippen LogP) is 6.83. The second-order valence-electron chi connectivity index (χ2n) is 6.33. The van der Waals surface area contributed by atoms with E-state index in [0.29, 0.717) is 21.5 Å². The average Bonchev–Trinajstić information content (AvgIpc) is 2.71. The van der Waals surface area contributed by atoms with Crippen molar-refractivity contribution >= 4 is 75.4 Å². The van der Waals surface area contributed by atoms with Gasteiger partial charge in [0.25, 0.3) is 0 Å². The van der Waals surface area contributed by atoms with Gasteiger partial charge in [-0.2, -0.15) is 0 Å². The van der Waals surface area contributed by atoms with E-state index in [0.717, 1.165) is 30.7 Å². The van der Waals surface area contributed by atoms with Crippen LogP contribution < -0.4 is 9.47 Å². The van der Waals surface area contributed by atoms with E-state index in [-0.39, 0.29) is 6.42 Å². The number of esters is 1. The third kappa shape index (κ3) is 4.04. The van der Waals surface area contributed by atoms with Gasteiger partial charge in [-0.3, -0.25) is 9.78 Å². The van der Waals surface area contributed by atoms with Crippen molar-refractivity contribution in [3.8, 4) is 11.5 Å². The molecule has 4 rings (SSSR count). The summed E-state index contributed by atoms with van der Waals surface area (Å²) in [6, 6.07) is 15.4. The van der Waals surface area contributed by atoms with Crippen molar-refractivity contribution in [2.75, 3.05) is 7.11 Å². The Hall–Kier alpha value is -1.96. The van der Waals surface area contributed by atoms with E-state index in [2.05, 4.69) is 52.8 Å². The molecule has 146 valence electrons. The molecule has 4 aromatic rings. The third-order valence-electron chi connectivity index (χ3n) is 4.56. The van der Waals surface area contributed by atoms with Gasteiger partial charge in [-0.1, -0.05) is 50.1 Å². The van der Waals surface area contributed by atoms with Crippen molar-refractivity contribution in [2.24, 2.45) is 0 Å². The molecule has 1 heterocycles. The van der Waals surface area contributed by atoms with Crippen LogP contribution in [-0.4, -0.2) is 18.1 Å². The van der Waals surface area contributed by atoms with Crippen LogP contribution in [0.4, 0.5) is 0 Å². The van der Waals surface area contributed by atoms with E-state index in [1.807, 2.05) is 48.5 Å². The molecule has 0 aliphatic carbocycles. The van der Waals surface area contributed by atoms with Gasteiger partial charge in [-0.25, -0.2) is 0 Å². The minimum Gasteiger partial charge on any atom is -0.496 e. The zero-order valence-corrected chi connectivity index (χ0v) is 20.0. The van der Waals surface area contributed by atoms with E-state index in [1.54, 1.807) is 13.3 Å². The molecule has 7 heteroatoms. The highest BCUT2D eigenvalue weighted by atomic mass is 79.9. The molecule has 0 aliphatic rings. The first-order valence-corrected chi connectivity index (χ1v) is 11.0. The molecule has 0 bridgehead atoms. The number of fused-ring (bicyclic) bond motifs is 2. The van der Waals surface area contributed by atoms with Gasteiger partial charge >= 0.3 is 5.97 Å². The van der Waals surface area contributed by atoms with Crippen LogP contribution in [0, 0.1) is 0 Å². The standard InChI is InChI=1S/C22H14Br3NO3/c1-28-19-7-4-12-9-13(23)5-6-14(12)16(19)10-20(27)29-22-18(25)11-17(24)15-3-2-8-26-21(15)22/h2-9,11H,10H2,1H3. The van der Waals surface area contributed by atoms with E-state index in [1.165, 1.54) is 0 Å². The fourth-order valence-electron chi connectivity index (χ4n) is 3.26. The van der Waals surface area contributed by atoms with Crippen molar-refractivity contribution in [1.82, 2.24) is 4.98 Å². The SMILES string of the molecule is COc1ccc2cc(Br)ccc2c1CC(=O)Oc1c(Br)cc(Br)c2cccnc12. The van der Waals surface area contributed by atoms with Gasteiger partial charge in [-0.15, -0.1) is 0 Å². The monoisotopic (exact) mass is 577 g/mol. The van der Waals surface area contributed by atoms with E-state index >= 15 is 0 Å². The normalized spacial score (nSPS) is 11.0. The van der Waals surface area contributed by atoms with Crippen LogP contribution in [-0.2, 0) is 11.2 Å². The molecule has 0 saturated carbocycles. The molecule has 0 spiro atoms. The smallest absolute Gasteiger partial charge is 0.315 e. The van der Waals surface area contributed by atoms with E-state index < -0.39 is 5.97 Å². The highest BCUT2D eigenvalue weighted by molar-refractivity contribution is 9.11. The summed E-state index contributed by atoms with van der Waals surface area (Å²) in [4.78, 5) is 17.3. The zero-order chi connectivity index (χ0) is 20.5. The fourth-order valence-corrected chi connectivity index (χ4v) is 4.99. The molecule has 29 heavy (non-hydrogen) atoms. The minimum atomic E-state index is -0.395. The molecular formula is C22H14Br3NO3. The lowest BCUT2D eigenvalue weighted by Crippen LogP contribution is -2.13. The molecule has 4 nitrogen and oxygen atoms in total. The molecule has 0 aliphatic heterocycles. The number of ether oxygens (including phenoxy) is 2. The van der Waals surface area contributed by atoms with Crippen LogP contribution in [0.3, 0.4) is 0 Å². The number of hydrogen-bond acceptors (Lipinski definition) is 4. The number of hydrogen-bond donors (Lipinski definition) is 0. The number of benzene rings is 3. The van der Waals surface area contributed by atoms with Crippen molar-refractivity contribution in [2.45, 2.75) is 6.42 Å². The lowest BCUT2D eigenvalue weighted by Gasteiger charge is -2.14. The quantitative estimate of drug-likeness (QED) is 0.196. The summed E-state index contributed by atoms with van der Waals surface area (Å²) >= 11 is 10.5. The van der Waals surface area contributed by atoms with Gasteiger partial charge in [0.15, 0.2) is 5.75 Å². The fraction of sp³-hybridized carbons (Fsp3) is 0.0909. The number of methoxy groups -OCH3 is 1. The maximum absolute atomic E-state index is 12.9. The second-order valence-corrected chi connectivity index (χ2v) is 8.96. The first-order chi connectivity index (χ1) is 14.0. The first kappa shape index (κ1) is 20.3. The summed E-state index contributed by atoms with van der Waals surface area (Å²) in [7, 11) is 1.59. The average molecular weight is 580 g/mol. The summed E-state index contributed by atoms with van der Waals surface area (Å²) in [6.45, 7) is 0. The van der Waals surface area contributed by atoms with Crippen LogP contribution in [0.5, 0.6) is 11.5 Å². The van der Waals surface area contributed by atoms with Crippen LogP contribution in [0.1, 0.15) is 5.56 Å². The van der Waals surface area contributed by atoms with E-state index in [9.17, 15) is 4.79 Å². The predicted molar refractivity (Wildman–Crippen MR) is 125 cm³/mol. The second kappa shape index (κ2) is 8.42. The Labute approximate surface area is 192 Å². The molecule has 0 atom stereocenters. The lowest BCUT2D eigenvalue weighted by molar-refractivity contribution is -0.133. The van der Waals surface area contributed by atoms with Gasteiger partial charge in [0.2, 0.25) is 0 Å². The molecule has 0 N–H and O–H groups in total. The molecule has 0 radical (unpaired) electrons. The number of aromatic nitrogens is 1. The minimum absolute atomic E-state index is 0.0684. The molecule has 0 unspecified atom stereocenters. The highest BCUT2D eigenvalue weighted by Crippen LogP contribution is 2.38. The Kier molecular flexibility index (Phi) is 5.90. The Morgan fingerprint density at radius 3 is 2.62 bits per heavy atom. The Morgan fingerprint density at radius 2 is 1.83 bits per heavy atom. The summed E-state index contributed by atoms with van der Waals surface area (Å²) in [5, 5.41) is 2.83.